The molecule has 29 valence electrons. The monoisotopic (exact) mass is 73.0 g/mol. The van der Waals surface area contributed by atoms with Gasteiger partial charge >= 0.3 is 0 Å². The van der Waals surface area contributed by atoms with E-state index in [1.807, 2.05) is 0 Å². The van der Waals surface area contributed by atoms with Crippen LogP contribution in [0.15, 0.2) is 0 Å². The molecular weight excluding hydrogens is 68.0 g/mol. The van der Waals surface area contributed by atoms with Crippen molar-refractivity contribution in [3.63, 3.8) is 0 Å². The van der Waals surface area contributed by atoms with Gasteiger partial charge in [0.15, 0.2) is 6.29 Å². The zero-order chi connectivity index (χ0) is 3.70. The van der Waals surface area contributed by atoms with Crippen molar-refractivity contribution < 1.29 is 9.84 Å². The Morgan fingerprint density at radius 3 is 2.40 bits per heavy atom. The van der Waals surface area contributed by atoms with Crippen molar-refractivity contribution in [1.82, 2.24) is 0 Å². The van der Waals surface area contributed by atoms with E-state index in [2.05, 4.69) is 4.74 Å². The van der Waals surface area contributed by atoms with E-state index in [0.717, 1.165) is 0 Å². The summed E-state index contributed by atoms with van der Waals surface area (Å²) in [5.41, 5.74) is 0. The van der Waals surface area contributed by atoms with Crippen molar-refractivity contribution in [2.75, 3.05) is 0 Å². The normalized spacial score (nSPS) is 36.6. The van der Waals surface area contributed by atoms with E-state index in [1.54, 1.807) is 6.61 Å². The molecule has 0 aromatic rings. The van der Waals surface area contributed by atoms with Gasteiger partial charge in [-0.2, -0.15) is 0 Å². The molecule has 5 heavy (non-hydrogen) atoms. The first-order valence-corrected chi connectivity index (χ1v) is 1.55. The molecule has 1 heterocycles. The first-order valence-electron chi connectivity index (χ1n) is 1.55. The lowest BCUT2D eigenvalue weighted by atomic mass is 10.4. The highest BCUT2D eigenvalue weighted by atomic mass is 16.6. The largest absolute Gasteiger partial charge is 0.368 e. The van der Waals surface area contributed by atoms with E-state index in [0.29, 0.717) is 6.42 Å². The summed E-state index contributed by atoms with van der Waals surface area (Å²) in [6.07, 6.45) is 0.204. The summed E-state index contributed by atoms with van der Waals surface area (Å²) < 4.78 is 4.36. The van der Waals surface area contributed by atoms with E-state index < -0.39 is 6.29 Å². The van der Waals surface area contributed by atoms with Crippen LogP contribution in [0.4, 0.5) is 0 Å². The maximum atomic E-state index is 8.19. The van der Waals surface area contributed by atoms with Gasteiger partial charge in [-0.25, -0.2) is 0 Å². The van der Waals surface area contributed by atoms with Crippen LogP contribution in [0.25, 0.3) is 0 Å². The lowest BCUT2D eigenvalue weighted by Crippen LogP contribution is -2.20. The molecule has 0 aromatic heterocycles. The third-order valence-electron chi connectivity index (χ3n) is 0.551. The molecule has 1 rings (SSSR count). The molecule has 1 aliphatic heterocycles. The van der Waals surface area contributed by atoms with Gasteiger partial charge in [0.05, 0.1) is 6.61 Å². The molecule has 1 radical (unpaired) electrons. The number of hydrogen-bond donors (Lipinski definition) is 1. The van der Waals surface area contributed by atoms with Gasteiger partial charge in [-0.3, -0.25) is 0 Å². The minimum atomic E-state index is -0.491. The fraction of sp³-hybridized carbons (Fsp3) is 0.667. The first-order chi connectivity index (χ1) is 2.39. The maximum absolute atomic E-state index is 8.19. The summed E-state index contributed by atoms with van der Waals surface area (Å²) in [6.45, 7) is 1.57. The first kappa shape index (κ1) is 3.12. The van der Waals surface area contributed by atoms with Gasteiger partial charge < -0.3 is 9.84 Å². The van der Waals surface area contributed by atoms with Crippen LogP contribution in [-0.4, -0.2) is 11.4 Å². The maximum Gasteiger partial charge on any atom is 0.157 e. The topological polar surface area (TPSA) is 29.5 Å². The average molecular weight is 73.1 g/mol. The van der Waals surface area contributed by atoms with Crippen LogP contribution in [0.2, 0.25) is 0 Å². The van der Waals surface area contributed by atoms with Crippen molar-refractivity contribution in [3.05, 3.63) is 6.61 Å². The van der Waals surface area contributed by atoms with Crippen molar-refractivity contribution in [2.24, 2.45) is 0 Å². The third kappa shape index (κ3) is 0.412. The Kier molecular flexibility index (Phi) is 0.596. The highest BCUT2D eigenvalue weighted by molar-refractivity contribution is 4.63. The molecule has 1 unspecified atom stereocenters. The molecular formula is C3H5O2. The number of rotatable bonds is 0. The van der Waals surface area contributed by atoms with Crippen molar-refractivity contribution >= 4 is 0 Å². The fourth-order valence-corrected chi connectivity index (χ4v) is 0.182. The molecule has 2 nitrogen and oxygen atoms in total. The van der Waals surface area contributed by atoms with Gasteiger partial charge in [0.2, 0.25) is 0 Å². The Hall–Kier alpha value is -0.0800. The molecule has 1 N–H and O–H groups in total. The molecule has 1 saturated heterocycles. The van der Waals surface area contributed by atoms with Crippen molar-refractivity contribution in [2.45, 2.75) is 12.7 Å². The fourth-order valence-electron chi connectivity index (χ4n) is 0.182. The SMILES string of the molecule is OC1C[CH]O1. The van der Waals surface area contributed by atoms with Crippen LogP contribution < -0.4 is 0 Å². The second kappa shape index (κ2) is 0.954. The van der Waals surface area contributed by atoms with Gasteiger partial charge in [0.25, 0.3) is 0 Å². The number of hydrogen-bond acceptors (Lipinski definition) is 2. The van der Waals surface area contributed by atoms with Gasteiger partial charge in [-0.05, 0) is 0 Å². The van der Waals surface area contributed by atoms with Crippen LogP contribution in [0.1, 0.15) is 6.42 Å². The van der Waals surface area contributed by atoms with Crippen molar-refractivity contribution in [1.29, 1.82) is 0 Å². The minimum absolute atomic E-state index is 0.491. The summed E-state index contributed by atoms with van der Waals surface area (Å²) in [7, 11) is 0. The summed E-state index contributed by atoms with van der Waals surface area (Å²) in [5.74, 6) is 0. The van der Waals surface area contributed by atoms with E-state index in [4.69, 9.17) is 5.11 Å². The second-order valence-corrected chi connectivity index (χ2v) is 0.993. The third-order valence-corrected chi connectivity index (χ3v) is 0.551. The molecule has 0 aliphatic carbocycles. The summed E-state index contributed by atoms with van der Waals surface area (Å²) >= 11 is 0. The van der Waals surface area contributed by atoms with E-state index in [1.165, 1.54) is 0 Å². The summed E-state index contributed by atoms with van der Waals surface area (Å²) in [4.78, 5) is 0. The van der Waals surface area contributed by atoms with Crippen LogP contribution in [0, 0.1) is 6.61 Å². The molecule has 0 saturated carbocycles. The second-order valence-electron chi connectivity index (χ2n) is 0.993. The minimum Gasteiger partial charge on any atom is -0.368 e. The average Bonchev–Trinajstić information content (AvgIpc) is 1.30. The number of aliphatic hydroxyl groups is 1. The molecule has 1 aliphatic rings. The van der Waals surface area contributed by atoms with E-state index >= 15 is 0 Å². The van der Waals surface area contributed by atoms with E-state index in [9.17, 15) is 0 Å². The Bertz CT molecular complexity index is 31.9. The predicted molar refractivity (Wildman–Crippen MR) is 16.0 cm³/mol. The Morgan fingerprint density at radius 2 is 2.40 bits per heavy atom. The predicted octanol–water partition coefficient (Wildman–Crippen LogP) is -0.113. The van der Waals surface area contributed by atoms with E-state index in [-0.39, 0.29) is 0 Å². The summed E-state index contributed by atoms with van der Waals surface area (Å²) in [5, 5.41) is 8.19. The lowest BCUT2D eigenvalue weighted by Gasteiger charge is -2.18. The van der Waals surface area contributed by atoms with Gasteiger partial charge in [0, 0.05) is 6.42 Å². The van der Waals surface area contributed by atoms with Crippen LogP contribution in [0.3, 0.4) is 0 Å². The highest BCUT2D eigenvalue weighted by Gasteiger charge is 2.12. The van der Waals surface area contributed by atoms with Gasteiger partial charge in [-0.1, -0.05) is 0 Å². The zero-order valence-electron chi connectivity index (χ0n) is 2.72. The Balaban J connectivity index is 2.08. The molecule has 0 amide bonds. The number of ether oxygens (including phenoxy) is 1. The summed E-state index contributed by atoms with van der Waals surface area (Å²) in [6, 6.07) is 0. The zero-order valence-corrected chi connectivity index (χ0v) is 2.72. The number of aliphatic hydroxyl groups excluding tert-OH is 1. The Morgan fingerprint density at radius 1 is 2.00 bits per heavy atom. The quantitative estimate of drug-likeness (QED) is 0.433. The van der Waals surface area contributed by atoms with Crippen LogP contribution >= 0.6 is 0 Å². The molecule has 0 spiro atoms. The van der Waals surface area contributed by atoms with Crippen LogP contribution in [-0.2, 0) is 4.74 Å². The van der Waals surface area contributed by atoms with Gasteiger partial charge in [0.1, 0.15) is 0 Å². The van der Waals surface area contributed by atoms with Gasteiger partial charge in [-0.15, -0.1) is 0 Å². The standard InChI is InChI=1S/C3H5O2/c4-3-1-2-5-3/h2-4H,1H2. The smallest absolute Gasteiger partial charge is 0.157 e. The molecule has 1 atom stereocenters. The lowest BCUT2D eigenvalue weighted by molar-refractivity contribution is -0.142. The molecule has 1 fully saturated rings. The molecule has 0 aromatic carbocycles. The highest BCUT2D eigenvalue weighted by Crippen LogP contribution is 2.10. The molecule has 0 bridgehead atoms. The Labute approximate surface area is 30.4 Å². The molecule has 2 heteroatoms. The van der Waals surface area contributed by atoms with Crippen molar-refractivity contribution in [3.8, 4) is 0 Å². The van der Waals surface area contributed by atoms with Crippen LogP contribution in [0.5, 0.6) is 0 Å².